The third-order valence-corrected chi connectivity index (χ3v) is 3.99. The molecule has 0 radical (unpaired) electrons. The third kappa shape index (κ3) is 3.53. The number of carbonyl (C=O) groups is 1. The van der Waals surface area contributed by atoms with E-state index in [-0.39, 0.29) is 12.1 Å². The first-order valence-corrected chi connectivity index (χ1v) is 6.99. The van der Waals surface area contributed by atoms with E-state index in [0.717, 1.165) is 6.42 Å². The lowest BCUT2D eigenvalue weighted by molar-refractivity contribution is 0.172. The van der Waals surface area contributed by atoms with Gasteiger partial charge in [0.15, 0.2) is 0 Å². The zero-order valence-electron chi connectivity index (χ0n) is 10.7. The zero-order valence-corrected chi connectivity index (χ0v) is 12.2. The van der Waals surface area contributed by atoms with E-state index in [2.05, 4.69) is 12.2 Å². The number of benzene rings is 1. The number of rotatable bonds is 1. The van der Waals surface area contributed by atoms with Crippen LogP contribution in [0.25, 0.3) is 0 Å². The van der Waals surface area contributed by atoms with Gasteiger partial charge in [0.2, 0.25) is 0 Å². The summed E-state index contributed by atoms with van der Waals surface area (Å²) in [6.07, 6.45) is 0.817. The molecule has 0 bridgehead atoms. The highest BCUT2D eigenvalue weighted by Gasteiger charge is 2.26. The summed E-state index contributed by atoms with van der Waals surface area (Å²) in [5, 5.41) is 3.79. The minimum Gasteiger partial charge on any atom is -0.327 e. The summed E-state index contributed by atoms with van der Waals surface area (Å²) in [6.45, 7) is 3.37. The maximum absolute atomic E-state index is 12.2. The fourth-order valence-corrected chi connectivity index (χ4v) is 2.47. The number of nitrogens with zero attached hydrogens (tertiary/aromatic N) is 1. The maximum Gasteiger partial charge on any atom is 0.321 e. The number of hydrogen-bond donors (Lipinski definition) is 2. The number of halogens is 2. The number of hydrogen-bond acceptors (Lipinski definition) is 2. The molecule has 2 atom stereocenters. The van der Waals surface area contributed by atoms with Crippen LogP contribution in [0.4, 0.5) is 10.5 Å². The van der Waals surface area contributed by atoms with Gasteiger partial charge in [0.05, 0.1) is 10.7 Å². The van der Waals surface area contributed by atoms with E-state index in [0.29, 0.717) is 34.7 Å². The van der Waals surface area contributed by atoms with Crippen molar-refractivity contribution in [2.75, 3.05) is 18.4 Å². The van der Waals surface area contributed by atoms with E-state index in [4.69, 9.17) is 28.9 Å². The van der Waals surface area contributed by atoms with Crippen molar-refractivity contribution < 1.29 is 4.79 Å². The molecule has 1 fully saturated rings. The smallest absolute Gasteiger partial charge is 0.321 e. The molecule has 19 heavy (non-hydrogen) atoms. The quantitative estimate of drug-likeness (QED) is 0.837. The highest BCUT2D eigenvalue weighted by Crippen LogP contribution is 2.26. The monoisotopic (exact) mass is 301 g/mol. The Morgan fingerprint density at radius 1 is 1.47 bits per heavy atom. The van der Waals surface area contributed by atoms with Gasteiger partial charge in [0, 0.05) is 24.2 Å². The van der Waals surface area contributed by atoms with Crippen molar-refractivity contribution in [3.05, 3.63) is 28.2 Å². The Hall–Kier alpha value is -0.970. The molecule has 0 spiro atoms. The summed E-state index contributed by atoms with van der Waals surface area (Å²) in [5.41, 5.74) is 6.47. The van der Waals surface area contributed by atoms with Gasteiger partial charge in [-0.2, -0.15) is 0 Å². The predicted molar refractivity (Wildman–Crippen MR) is 78.8 cm³/mol. The fourth-order valence-electron chi connectivity index (χ4n) is 2.14. The van der Waals surface area contributed by atoms with E-state index >= 15 is 0 Å². The molecule has 3 N–H and O–H groups in total. The number of urea groups is 1. The first-order valence-electron chi connectivity index (χ1n) is 6.24. The molecule has 1 aliphatic heterocycles. The molecule has 2 unspecified atom stereocenters. The van der Waals surface area contributed by atoms with Gasteiger partial charge >= 0.3 is 6.03 Å². The van der Waals surface area contributed by atoms with Crippen molar-refractivity contribution in [3.63, 3.8) is 0 Å². The molecule has 0 aromatic heterocycles. The van der Waals surface area contributed by atoms with Crippen LogP contribution in [0, 0.1) is 5.92 Å². The van der Waals surface area contributed by atoms with Crippen LogP contribution < -0.4 is 11.1 Å². The second-order valence-corrected chi connectivity index (χ2v) is 5.77. The molecule has 0 saturated carbocycles. The molecule has 2 amide bonds. The first kappa shape index (κ1) is 14.4. The second kappa shape index (κ2) is 5.99. The molecular formula is C13H17Cl2N3O. The number of nitrogens with two attached hydrogens (primary N) is 1. The van der Waals surface area contributed by atoms with Crippen molar-refractivity contribution in [2.24, 2.45) is 11.7 Å². The SMILES string of the molecule is CC1CN(C(=O)Nc2cc(Cl)ccc2Cl)CCC1N. The van der Waals surface area contributed by atoms with Gasteiger partial charge in [0.1, 0.15) is 0 Å². The molecular weight excluding hydrogens is 285 g/mol. The van der Waals surface area contributed by atoms with Crippen molar-refractivity contribution in [3.8, 4) is 0 Å². The Kier molecular flexibility index (Phi) is 4.55. The molecule has 104 valence electrons. The number of piperidine rings is 1. The molecule has 6 heteroatoms. The summed E-state index contributed by atoms with van der Waals surface area (Å²) in [4.78, 5) is 13.9. The minimum absolute atomic E-state index is 0.164. The largest absolute Gasteiger partial charge is 0.327 e. The van der Waals surface area contributed by atoms with Gasteiger partial charge in [-0.15, -0.1) is 0 Å². The first-order chi connectivity index (χ1) is 8.97. The summed E-state index contributed by atoms with van der Waals surface area (Å²) in [6, 6.07) is 4.98. The van der Waals surface area contributed by atoms with E-state index < -0.39 is 0 Å². The number of anilines is 1. The van der Waals surface area contributed by atoms with Crippen LogP contribution in [0.15, 0.2) is 18.2 Å². The normalized spacial score (nSPS) is 23.3. The highest BCUT2D eigenvalue weighted by atomic mass is 35.5. The van der Waals surface area contributed by atoms with Gasteiger partial charge in [-0.05, 0) is 30.5 Å². The molecule has 1 aliphatic rings. The molecule has 1 aromatic carbocycles. The Morgan fingerprint density at radius 2 is 2.21 bits per heavy atom. The summed E-state index contributed by atoms with van der Waals surface area (Å²) in [5.74, 6) is 0.300. The van der Waals surface area contributed by atoms with E-state index in [1.165, 1.54) is 0 Å². The van der Waals surface area contributed by atoms with Crippen LogP contribution in [0.2, 0.25) is 10.0 Å². The van der Waals surface area contributed by atoms with Crippen LogP contribution in [-0.4, -0.2) is 30.1 Å². The summed E-state index contributed by atoms with van der Waals surface area (Å²) in [7, 11) is 0. The summed E-state index contributed by atoms with van der Waals surface area (Å²) >= 11 is 11.9. The maximum atomic E-state index is 12.2. The van der Waals surface area contributed by atoms with E-state index in [9.17, 15) is 4.79 Å². The van der Waals surface area contributed by atoms with Crippen LogP contribution in [0.1, 0.15) is 13.3 Å². The Labute approximate surface area is 122 Å². The Morgan fingerprint density at radius 3 is 2.89 bits per heavy atom. The number of nitrogens with one attached hydrogen (secondary N) is 1. The van der Waals surface area contributed by atoms with Crippen LogP contribution in [0.5, 0.6) is 0 Å². The Balaban J connectivity index is 2.03. The molecule has 1 heterocycles. The molecule has 1 aromatic rings. The van der Waals surface area contributed by atoms with Gasteiger partial charge in [-0.25, -0.2) is 4.79 Å². The van der Waals surface area contributed by atoms with Crippen molar-refractivity contribution in [2.45, 2.75) is 19.4 Å². The summed E-state index contributed by atoms with van der Waals surface area (Å²) < 4.78 is 0. The predicted octanol–water partition coefficient (Wildman–Crippen LogP) is 3.19. The Bertz CT molecular complexity index is 481. The van der Waals surface area contributed by atoms with Gasteiger partial charge in [-0.1, -0.05) is 30.1 Å². The van der Waals surface area contributed by atoms with Crippen LogP contribution in [0.3, 0.4) is 0 Å². The van der Waals surface area contributed by atoms with Crippen molar-refractivity contribution in [1.82, 2.24) is 4.90 Å². The second-order valence-electron chi connectivity index (χ2n) is 4.93. The lowest BCUT2D eigenvalue weighted by Gasteiger charge is -2.35. The molecule has 1 saturated heterocycles. The average molecular weight is 302 g/mol. The van der Waals surface area contributed by atoms with Gasteiger partial charge in [-0.3, -0.25) is 0 Å². The molecule has 2 rings (SSSR count). The van der Waals surface area contributed by atoms with Crippen molar-refractivity contribution in [1.29, 1.82) is 0 Å². The minimum atomic E-state index is -0.164. The third-order valence-electron chi connectivity index (χ3n) is 3.43. The van der Waals surface area contributed by atoms with Gasteiger partial charge < -0.3 is 16.0 Å². The number of likely N-dealkylation sites (tertiary alicyclic amines) is 1. The number of carbonyl (C=O) groups excluding carboxylic acids is 1. The van der Waals surface area contributed by atoms with Crippen LogP contribution >= 0.6 is 23.2 Å². The molecule has 0 aliphatic carbocycles. The molecule has 4 nitrogen and oxygen atoms in total. The van der Waals surface area contributed by atoms with Crippen molar-refractivity contribution >= 4 is 34.9 Å². The zero-order chi connectivity index (χ0) is 14.0. The van der Waals surface area contributed by atoms with E-state index in [1.54, 1.807) is 23.1 Å². The number of amides is 2. The average Bonchev–Trinajstić information content (AvgIpc) is 2.37. The highest BCUT2D eigenvalue weighted by molar-refractivity contribution is 6.35. The standard InChI is InChI=1S/C13H17Cl2N3O/c1-8-7-18(5-4-11(8)16)13(19)17-12-6-9(14)2-3-10(12)15/h2-3,6,8,11H,4-5,7,16H2,1H3,(H,17,19). The fraction of sp³-hybridized carbons (Fsp3) is 0.462. The lowest BCUT2D eigenvalue weighted by atomic mass is 9.95. The van der Waals surface area contributed by atoms with Gasteiger partial charge in [0.25, 0.3) is 0 Å². The topological polar surface area (TPSA) is 58.4 Å². The van der Waals surface area contributed by atoms with E-state index in [1.807, 2.05) is 0 Å². The van der Waals surface area contributed by atoms with Crippen LogP contribution in [-0.2, 0) is 0 Å². The lowest BCUT2D eigenvalue weighted by Crippen LogP contribution is -2.49.